The normalized spacial score (nSPS) is 12.6. The molecule has 1 aliphatic heterocycles. The lowest BCUT2D eigenvalue weighted by molar-refractivity contribution is 0.198. The van der Waals surface area contributed by atoms with E-state index in [0.29, 0.717) is 26.1 Å². The Hall–Kier alpha value is -4.06. The summed E-state index contributed by atoms with van der Waals surface area (Å²) in [7, 11) is 1.87. The van der Waals surface area contributed by atoms with Crippen LogP contribution in [0, 0.1) is 0 Å². The van der Waals surface area contributed by atoms with Crippen molar-refractivity contribution in [2.45, 2.75) is 19.5 Å². The predicted molar refractivity (Wildman–Crippen MR) is 130 cm³/mol. The van der Waals surface area contributed by atoms with Gasteiger partial charge in [0.05, 0.1) is 0 Å². The number of hydrogen-bond donors (Lipinski definition) is 2. The summed E-state index contributed by atoms with van der Waals surface area (Å²) in [5, 5.41) is 7.13. The molecule has 33 heavy (non-hydrogen) atoms. The Balaban J connectivity index is 1.20. The third-order valence-corrected chi connectivity index (χ3v) is 6.10. The van der Waals surface area contributed by atoms with Crippen molar-refractivity contribution in [1.29, 1.82) is 0 Å². The quantitative estimate of drug-likeness (QED) is 0.447. The van der Waals surface area contributed by atoms with E-state index in [1.54, 1.807) is 11.1 Å². The third-order valence-electron chi connectivity index (χ3n) is 6.10. The highest BCUT2D eigenvalue weighted by Crippen LogP contribution is 2.28. The topological polar surface area (TPSA) is 70.4 Å². The van der Waals surface area contributed by atoms with Crippen LogP contribution < -0.4 is 10.6 Å². The number of fused-ring (bicyclic) bond motifs is 2. The molecule has 166 valence electrons. The van der Waals surface area contributed by atoms with Gasteiger partial charge in [-0.25, -0.2) is 4.79 Å². The van der Waals surface area contributed by atoms with E-state index in [1.807, 2.05) is 25.4 Å². The van der Waals surface area contributed by atoms with Gasteiger partial charge in [-0.2, -0.15) is 0 Å². The fourth-order valence-electron chi connectivity index (χ4n) is 4.18. The van der Waals surface area contributed by atoms with Crippen molar-refractivity contribution in [3.63, 3.8) is 0 Å². The van der Waals surface area contributed by atoms with E-state index in [4.69, 9.17) is 4.42 Å². The van der Waals surface area contributed by atoms with Gasteiger partial charge in [0, 0.05) is 56.6 Å². The number of aromatic nitrogens is 1. The Morgan fingerprint density at radius 1 is 1.06 bits per heavy atom. The molecule has 0 aliphatic carbocycles. The van der Waals surface area contributed by atoms with Crippen molar-refractivity contribution < 1.29 is 9.21 Å². The lowest BCUT2D eigenvalue weighted by Gasteiger charge is -2.15. The van der Waals surface area contributed by atoms with Gasteiger partial charge in [-0.05, 0) is 52.1 Å². The van der Waals surface area contributed by atoms with E-state index in [2.05, 4.69) is 64.7 Å². The first-order valence-electron chi connectivity index (χ1n) is 11.1. The van der Waals surface area contributed by atoms with Gasteiger partial charge in [0.25, 0.3) is 0 Å². The minimum absolute atomic E-state index is 0.0611. The number of benzene rings is 2. The predicted octanol–water partition coefficient (Wildman–Crippen LogP) is 4.95. The average Bonchev–Trinajstić information content (AvgIpc) is 3.47. The van der Waals surface area contributed by atoms with Crippen LogP contribution in [0.3, 0.4) is 0 Å². The van der Waals surface area contributed by atoms with Crippen molar-refractivity contribution in [2.75, 3.05) is 13.6 Å². The van der Waals surface area contributed by atoms with Gasteiger partial charge in [0.2, 0.25) is 0 Å². The first-order valence-corrected chi connectivity index (χ1v) is 11.1. The second kappa shape index (κ2) is 8.82. The number of nitrogens with one attached hydrogen (secondary N) is 2. The highest BCUT2D eigenvalue weighted by molar-refractivity contribution is 5.84. The second-order valence-corrected chi connectivity index (χ2v) is 8.25. The Morgan fingerprint density at radius 2 is 1.85 bits per heavy atom. The number of pyridine rings is 1. The van der Waals surface area contributed by atoms with E-state index in [1.165, 1.54) is 0 Å². The van der Waals surface area contributed by atoms with Gasteiger partial charge in [0.15, 0.2) is 0 Å². The molecule has 2 amide bonds. The van der Waals surface area contributed by atoms with Crippen LogP contribution in [-0.2, 0) is 19.5 Å². The third kappa shape index (κ3) is 4.32. The van der Waals surface area contributed by atoms with Crippen LogP contribution >= 0.6 is 0 Å². The maximum atomic E-state index is 12.5. The summed E-state index contributed by atoms with van der Waals surface area (Å²) in [6.45, 7) is 5.75. The van der Waals surface area contributed by atoms with E-state index >= 15 is 0 Å². The highest BCUT2D eigenvalue weighted by atomic mass is 16.3. The number of rotatable bonds is 6. The number of hydrogen-bond acceptors (Lipinski definition) is 4. The van der Waals surface area contributed by atoms with E-state index in [9.17, 15) is 4.79 Å². The highest BCUT2D eigenvalue weighted by Gasteiger charge is 2.22. The minimum atomic E-state index is -0.0611. The average molecular weight is 439 g/mol. The molecule has 2 aromatic carbocycles. The first-order chi connectivity index (χ1) is 16.1. The lowest BCUT2D eigenvalue weighted by Crippen LogP contribution is -2.37. The molecule has 6 heteroatoms. The molecule has 0 bridgehead atoms. The Morgan fingerprint density at radius 3 is 2.64 bits per heavy atom. The van der Waals surface area contributed by atoms with Crippen molar-refractivity contribution in [3.05, 3.63) is 96.0 Å². The van der Waals surface area contributed by atoms with Gasteiger partial charge in [-0.1, -0.05) is 36.9 Å². The number of amides is 2. The summed E-state index contributed by atoms with van der Waals surface area (Å²) in [4.78, 5) is 18.5. The molecule has 1 aliphatic rings. The molecule has 0 fully saturated rings. The van der Waals surface area contributed by atoms with Crippen molar-refractivity contribution in [2.24, 2.45) is 0 Å². The van der Waals surface area contributed by atoms with Gasteiger partial charge >= 0.3 is 6.03 Å². The Labute approximate surface area is 192 Å². The molecule has 0 saturated heterocycles. The zero-order valence-electron chi connectivity index (χ0n) is 18.6. The fraction of sp³-hybridized carbons (Fsp3) is 0.185. The van der Waals surface area contributed by atoms with Crippen molar-refractivity contribution >= 4 is 22.7 Å². The molecular formula is C27H26N4O2. The number of furan rings is 1. The number of urea groups is 1. The molecule has 6 nitrogen and oxygen atoms in total. The van der Waals surface area contributed by atoms with E-state index in [0.717, 1.165) is 50.2 Å². The zero-order valence-corrected chi connectivity index (χ0v) is 18.6. The van der Waals surface area contributed by atoms with E-state index in [-0.39, 0.29) is 6.03 Å². The smallest absolute Gasteiger partial charge is 0.318 e. The first kappa shape index (κ1) is 20.8. The van der Waals surface area contributed by atoms with Gasteiger partial charge < -0.3 is 20.0 Å². The summed E-state index contributed by atoms with van der Waals surface area (Å²) in [5.74, 6) is 0.858. The zero-order chi connectivity index (χ0) is 22.8. The van der Waals surface area contributed by atoms with Crippen LogP contribution in [0.2, 0.25) is 0 Å². The maximum absolute atomic E-state index is 12.5. The van der Waals surface area contributed by atoms with Crippen LogP contribution in [0.15, 0.2) is 78.0 Å². The fourth-order valence-corrected chi connectivity index (χ4v) is 4.18. The van der Waals surface area contributed by atoms with Crippen LogP contribution in [-0.4, -0.2) is 29.5 Å². The molecule has 0 atom stereocenters. The van der Waals surface area contributed by atoms with Crippen molar-refractivity contribution in [1.82, 2.24) is 20.5 Å². The second-order valence-electron chi connectivity index (χ2n) is 8.25. The molecule has 0 spiro atoms. The summed E-state index contributed by atoms with van der Waals surface area (Å²) in [6.07, 6.45) is 4.24. The molecule has 0 unspecified atom stereocenters. The molecule has 4 aromatic rings. The minimum Gasteiger partial charge on any atom is -0.461 e. The maximum Gasteiger partial charge on any atom is 0.318 e. The Kier molecular flexibility index (Phi) is 5.57. The summed E-state index contributed by atoms with van der Waals surface area (Å²) < 4.78 is 5.99. The Bertz CT molecular complexity index is 1300. The number of carbonyl (C=O) groups is 1. The van der Waals surface area contributed by atoms with Crippen LogP contribution in [0.5, 0.6) is 0 Å². The lowest BCUT2D eigenvalue weighted by atomic mass is 10.0. The summed E-state index contributed by atoms with van der Waals surface area (Å²) in [5.41, 5.74) is 7.37. The monoisotopic (exact) mass is 438 g/mol. The number of carbonyl (C=O) groups excluding carboxylic acids is 1. The van der Waals surface area contributed by atoms with E-state index < -0.39 is 0 Å². The number of nitrogens with zero attached hydrogens (tertiary/aromatic N) is 2. The van der Waals surface area contributed by atoms with Crippen LogP contribution in [0.4, 0.5) is 4.79 Å². The van der Waals surface area contributed by atoms with Crippen molar-refractivity contribution in [3.8, 4) is 11.1 Å². The van der Waals surface area contributed by atoms with Gasteiger partial charge in [-0.3, -0.25) is 4.98 Å². The molecule has 0 saturated carbocycles. The molecule has 3 heterocycles. The van der Waals surface area contributed by atoms with Gasteiger partial charge in [-0.15, -0.1) is 0 Å². The van der Waals surface area contributed by atoms with Crippen LogP contribution in [0.1, 0.15) is 22.5 Å². The van der Waals surface area contributed by atoms with Gasteiger partial charge in [0.1, 0.15) is 11.3 Å². The SMILES string of the molecule is C=C(NC)c1ccc(-c2ccc3oc(CCNC(=O)N4Cc5ccncc5C4)cc3c2)cc1. The summed E-state index contributed by atoms with van der Waals surface area (Å²) >= 11 is 0. The molecule has 5 rings (SSSR count). The van der Waals surface area contributed by atoms with Crippen LogP contribution in [0.25, 0.3) is 27.8 Å². The largest absolute Gasteiger partial charge is 0.461 e. The summed E-state index contributed by atoms with van der Waals surface area (Å²) in [6, 6.07) is 18.5. The standard InChI is InChI=1S/C27H26N4O2/c1-18(28-2)19-3-5-20(6-4-19)21-7-8-26-23(13-21)14-25(33-26)10-12-30-27(32)31-16-22-9-11-29-15-24(22)17-31/h3-9,11,13-15,28H,1,10,12,16-17H2,2H3,(H,30,32). The molecule has 0 radical (unpaired) electrons. The molecular weight excluding hydrogens is 412 g/mol. The molecule has 2 aromatic heterocycles. The molecule has 2 N–H and O–H groups in total.